The first kappa shape index (κ1) is 24.6. The third kappa shape index (κ3) is 26.2. The van der Waals surface area contributed by atoms with Gasteiger partial charge in [0.25, 0.3) is 0 Å². The number of esters is 2. The van der Waals surface area contributed by atoms with Crippen molar-refractivity contribution in [2.75, 3.05) is 19.8 Å². The summed E-state index contributed by atoms with van der Waals surface area (Å²) in [4.78, 5) is 29.9. The molecule has 0 aromatic rings. The van der Waals surface area contributed by atoms with Crippen molar-refractivity contribution in [1.29, 1.82) is 0 Å². The second kappa shape index (κ2) is 18.6. The van der Waals surface area contributed by atoms with Crippen molar-refractivity contribution in [3.05, 3.63) is 37.5 Å². The minimum absolute atomic E-state index is 0.0451. The molecule has 0 amide bonds. The number of carbonyl (C=O) groups excluding carboxylic acids is 2. The Labute approximate surface area is 130 Å². The number of hydrogen-bond donors (Lipinski definition) is 2. The van der Waals surface area contributed by atoms with E-state index in [2.05, 4.69) is 29.2 Å². The summed E-state index contributed by atoms with van der Waals surface area (Å²) in [6.45, 7) is 13.6. The highest BCUT2D eigenvalue weighted by atomic mass is 16.5. The van der Waals surface area contributed by atoms with E-state index in [0.717, 1.165) is 12.2 Å². The monoisotopic (exact) mass is 316 g/mol. The predicted molar refractivity (Wildman–Crippen MR) is 82.1 cm³/mol. The van der Waals surface area contributed by atoms with Crippen LogP contribution in [0.25, 0.3) is 0 Å². The fraction of sp³-hybridized carbons (Fsp3) is 0.400. The van der Waals surface area contributed by atoms with Gasteiger partial charge in [0, 0.05) is 30.8 Å². The lowest BCUT2D eigenvalue weighted by molar-refractivity contribution is -0.139. The Morgan fingerprint density at radius 1 is 1.14 bits per heavy atom. The molecule has 0 saturated heterocycles. The van der Waals surface area contributed by atoms with Crippen molar-refractivity contribution < 1.29 is 34.1 Å². The van der Waals surface area contributed by atoms with Gasteiger partial charge in [-0.15, -0.1) is 0 Å². The van der Waals surface area contributed by atoms with Crippen LogP contribution >= 0.6 is 0 Å². The van der Waals surface area contributed by atoms with Gasteiger partial charge in [-0.2, -0.15) is 0 Å². The molecule has 0 bridgehead atoms. The molecule has 0 fully saturated rings. The first-order valence-corrected chi connectivity index (χ1v) is 6.34. The van der Waals surface area contributed by atoms with E-state index in [1.165, 1.54) is 0 Å². The molecule has 0 aliphatic carbocycles. The number of carbonyl (C=O) groups is 3. The molecule has 0 atom stereocenters. The van der Waals surface area contributed by atoms with E-state index in [0.29, 0.717) is 18.6 Å². The highest BCUT2D eigenvalue weighted by molar-refractivity contribution is 5.86. The molecule has 0 radical (unpaired) electrons. The minimum Gasteiger partial charge on any atom is -0.478 e. The van der Waals surface area contributed by atoms with Crippen LogP contribution in [0.3, 0.4) is 0 Å². The Hall–Kier alpha value is -2.41. The number of aliphatic carboxylic acids is 1. The average molecular weight is 316 g/mol. The van der Waals surface area contributed by atoms with Gasteiger partial charge in [0.05, 0.1) is 13.2 Å². The molecule has 0 spiro atoms. The standard InChI is InChI=1S/C7H12O3.C5H8O2.C3H4O2/c1-6(2)7(9)10-5-3-4-8;1-3-5(6)7-4-2;1-2-3(4)5/h8H,1,3-5H2,2H3;3H,1,4H2,2H3;2H,1H2,(H,4,5). The van der Waals surface area contributed by atoms with Crippen molar-refractivity contribution in [1.82, 2.24) is 0 Å². The maximum atomic E-state index is 10.6. The molecule has 0 aromatic heterocycles. The highest BCUT2D eigenvalue weighted by Crippen LogP contribution is 1.92. The van der Waals surface area contributed by atoms with Crippen LogP contribution in [0.1, 0.15) is 20.3 Å². The molecule has 22 heavy (non-hydrogen) atoms. The third-order valence-corrected chi connectivity index (χ3v) is 1.51. The summed E-state index contributed by atoms with van der Waals surface area (Å²) in [5.41, 5.74) is 0.387. The third-order valence-electron chi connectivity index (χ3n) is 1.51. The number of ether oxygens (including phenoxy) is 2. The highest BCUT2D eigenvalue weighted by Gasteiger charge is 2.00. The second-order valence-electron chi connectivity index (χ2n) is 3.49. The SMILES string of the molecule is C=C(C)C(=O)OCCCO.C=CC(=O)O.C=CC(=O)OCC. The summed E-state index contributed by atoms with van der Waals surface area (Å²) >= 11 is 0. The molecular weight excluding hydrogens is 292 g/mol. The summed E-state index contributed by atoms with van der Waals surface area (Å²) in [7, 11) is 0. The molecule has 0 heterocycles. The Kier molecular flexibility index (Phi) is 20.8. The van der Waals surface area contributed by atoms with Crippen LogP contribution in [0.5, 0.6) is 0 Å². The van der Waals surface area contributed by atoms with Gasteiger partial charge in [-0.05, 0) is 13.8 Å². The van der Waals surface area contributed by atoms with E-state index < -0.39 is 11.9 Å². The zero-order valence-corrected chi connectivity index (χ0v) is 13.0. The maximum absolute atomic E-state index is 10.6. The fourth-order valence-electron chi connectivity index (χ4n) is 0.554. The molecule has 0 aliphatic rings. The van der Waals surface area contributed by atoms with E-state index >= 15 is 0 Å². The van der Waals surface area contributed by atoms with Crippen LogP contribution in [0, 0.1) is 0 Å². The van der Waals surface area contributed by atoms with Gasteiger partial charge in [-0.1, -0.05) is 19.7 Å². The molecule has 0 aromatic carbocycles. The first-order valence-electron chi connectivity index (χ1n) is 6.34. The lowest BCUT2D eigenvalue weighted by atomic mass is 10.4. The molecule has 7 nitrogen and oxygen atoms in total. The van der Waals surface area contributed by atoms with E-state index in [1.54, 1.807) is 13.8 Å². The second-order valence-corrected chi connectivity index (χ2v) is 3.49. The number of carboxylic acids is 1. The van der Waals surface area contributed by atoms with Crippen LogP contribution in [0.4, 0.5) is 0 Å². The predicted octanol–water partition coefficient (Wildman–Crippen LogP) is 1.48. The van der Waals surface area contributed by atoms with Crippen molar-refractivity contribution >= 4 is 17.9 Å². The molecule has 0 unspecified atom stereocenters. The van der Waals surface area contributed by atoms with Crippen LogP contribution in [-0.2, 0) is 23.9 Å². The minimum atomic E-state index is -0.981. The normalized spacial score (nSPS) is 7.95. The Morgan fingerprint density at radius 2 is 1.64 bits per heavy atom. The van der Waals surface area contributed by atoms with Gasteiger partial charge in [-0.3, -0.25) is 0 Å². The molecule has 126 valence electrons. The molecular formula is C15H24O7. The average Bonchev–Trinajstić information content (AvgIpc) is 2.48. The van der Waals surface area contributed by atoms with Crippen molar-refractivity contribution in [3.63, 3.8) is 0 Å². The first-order chi connectivity index (χ1) is 10.3. The Balaban J connectivity index is -0.000000263. The van der Waals surface area contributed by atoms with Gasteiger partial charge in [-0.25, -0.2) is 14.4 Å². The Morgan fingerprint density at radius 3 is 1.86 bits per heavy atom. The summed E-state index contributed by atoms with van der Waals surface area (Å²) in [6.07, 6.45) is 2.46. The molecule has 2 N–H and O–H groups in total. The lowest BCUT2D eigenvalue weighted by Crippen LogP contribution is -2.06. The van der Waals surface area contributed by atoms with E-state index in [1.807, 2.05) is 0 Å². The number of aliphatic hydroxyl groups is 1. The van der Waals surface area contributed by atoms with E-state index in [4.69, 9.17) is 10.2 Å². The van der Waals surface area contributed by atoms with Crippen molar-refractivity contribution in [2.45, 2.75) is 20.3 Å². The number of hydrogen-bond acceptors (Lipinski definition) is 6. The summed E-state index contributed by atoms with van der Waals surface area (Å²) in [6, 6.07) is 0. The largest absolute Gasteiger partial charge is 0.478 e. The fourth-order valence-corrected chi connectivity index (χ4v) is 0.554. The maximum Gasteiger partial charge on any atom is 0.333 e. The van der Waals surface area contributed by atoms with Gasteiger partial charge < -0.3 is 19.7 Å². The van der Waals surface area contributed by atoms with Crippen molar-refractivity contribution in [2.24, 2.45) is 0 Å². The zero-order chi connectivity index (χ0) is 18.0. The number of carboxylic acid groups (broad SMARTS) is 1. The molecule has 0 saturated carbocycles. The summed E-state index contributed by atoms with van der Waals surface area (Å²) < 4.78 is 9.08. The lowest BCUT2D eigenvalue weighted by Gasteiger charge is -2.00. The van der Waals surface area contributed by atoms with Gasteiger partial charge in [0.2, 0.25) is 0 Å². The quantitative estimate of drug-likeness (QED) is 0.416. The van der Waals surface area contributed by atoms with Crippen LogP contribution < -0.4 is 0 Å². The van der Waals surface area contributed by atoms with Crippen LogP contribution in [0.15, 0.2) is 37.5 Å². The van der Waals surface area contributed by atoms with Crippen LogP contribution in [0.2, 0.25) is 0 Å². The number of aliphatic hydroxyl groups excluding tert-OH is 1. The van der Waals surface area contributed by atoms with E-state index in [9.17, 15) is 14.4 Å². The number of rotatable bonds is 7. The smallest absolute Gasteiger partial charge is 0.333 e. The van der Waals surface area contributed by atoms with E-state index in [-0.39, 0.29) is 19.2 Å². The van der Waals surface area contributed by atoms with Crippen LogP contribution in [-0.4, -0.2) is 47.9 Å². The van der Waals surface area contributed by atoms with Crippen molar-refractivity contribution in [3.8, 4) is 0 Å². The Bertz CT molecular complexity index is 372. The molecule has 0 aliphatic heterocycles. The van der Waals surface area contributed by atoms with Gasteiger partial charge >= 0.3 is 17.9 Å². The molecule has 7 heteroatoms. The van der Waals surface area contributed by atoms with Gasteiger partial charge in [0.1, 0.15) is 0 Å². The topological polar surface area (TPSA) is 110 Å². The van der Waals surface area contributed by atoms with Gasteiger partial charge in [0.15, 0.2) is 0 Å². The molecule has 0 rings (SSSR count). The summed E-state index contributed by atoms with van der Waals surface area (Å²) in [5, 5.41) is 15.9. The zero-order valence-electron chi connectivity index (χ0n) is 13.0. The summed E-state index contributed by atoms with van der Waals surface area (Å²) in [5.74, 6) is -1.74.